The van der Waals surface area contributed by atoms with E-state index in [1.165, 1.54) is 25.7 Å². The van der Waals surface area contributed by atoms with Crippen LogP contribution in [0, 0.1) is 17.8 Å². The third kappa shape index (κ3) is 4.80. The first-order valence-corrected chi connectivity index (χ1v) is 7.63. The van der Waals surface area contributed by atoms with Crippen molar-refractivity contribution in [3.05, 3.63) is 29.8 Å². The molecule has 0 aliphatic heterocycles. The zero-order valence-corrected chi connectivity index (χ0v) is 12.2. The Hall–Kier alpha value is -1.13. The van der Waals surface area contributed by atoms with Crippen molar-refractivity contribution in [3.63, 3.8) is 0 Å². The zero-order chi connectivity index (χ0) is 13.5. The normalized spacial score (nSPS) is 22.4. The summed E-state index contributed by atoms with van der Waals surface area (Å²) in [7, 11) is 0. The highest BCUT2D eigenvalue weighted by molar-refractivity contribution is 6.18. The van der Waals surface area contributed by atoms with E-state index in [2.05, 4.69) is 18.8 Å². The molecule has 2 heteroatoms. The Morgan fingerprint density at radius 3 is 3.05 bits per heavy atom. The van der Waals surface area contributed by atoms with E-state index >= 15 is 0 Å². The molecule has 1 aromatic rings. The van der Waals surface area contributed by atoms with Gasteiger partial charge in [0.1, 0.15) is 5.75 Å². The van der Waals surface area contributed by atoms with Crippen LogP contribution in [0.1, 0.15) is 44.6 Å². The molecule has 0 spiro atoms. The van der Waals surface area contributed by atoms with Gasteiger partial charge in [-0.15, -0.1) is 11.6 Å². The largest absolute Gasteiger partial charge is 0.490 e. The minimum Gasteiger partial charge on any atom is -0.490 e. The van der Waals surface area contributed by atoms with Gasteiger partial charge in [0.05, 0.1) is 6.10 Å². The topological polar surface area (TPSA) is 9.23 Å². The SMILES string of the molecule is CC1CCCC(Oc2cccc(C#CCCCl)c2)C1. The van der Waals surface area contributed by atoms with Crippen molar-refractivity contribution < 1.29 is 4.74 Å². The highest BCUT2D eigenvalue weighted by Crippen LogP contribution is 2.27. The second-order valence-electron chi connectivity index (χ2n) is 5.28. The number of rotatable bonds is 3. The van der Waals surface area contributed by atoms with Gasteiger partial charge < -0.3 is 4.74 Å². The van der Waals surface area contributed by atoms with Gasteiger partial charge in [0.25, 0.3) is 0 Å². The predicted octanol–water partition coefficient (Wildman–Crippen LogP) is 4.62. The van der Waals surface area contributed by atoms with E-state index in [0.29, 0.717) is 12.0 Å². The summed E-state index contributed by atoms with van der Waals surface area (Å²) in [4.78, 5) is 0. The van der Waals surface area contributed by atoms with Crippen LogP contribution in [0.25, 0.3) is 0 Å². The molecule has 0 saturated heterocycles. The molecule has 1 nitrogen and oxygen atoms in total. The molecular weight excluding hydrogens is 256 g/mol. The summed E-state index contributed by atoms with van der Waals surface area (Å²) < 4.78 is 6.08. The Labute approximate surface area is 121 Å². The van der Waals surface area contributed by atoms with Gasteiger partial charge in [-0.25, -0.2) is 0 Å². The van der Waals surface area contributed by atoms with Gasteiger partial charge in [-0.1, -0.05) is 31.3 Å². The molecule has 1 fully saturated rings. The van der Waals surface area contributed by atoms with E-state index in [1.54, 1.807) is 0 Å². The van der Waals surface area contributed by atoms with Gasteiger partial charge in [-0.05, 0) is 43.4 Å². The van der Waals surface area contributed by atoms with Crippen LogP contribution in [0.2, 0.25) is 0 Å². The Morgan fingerprint density at radius 2 is 2.26 bits per heavy atom. The molecule has 0 heterocycles. The smallest absolute Gasteiger partial charge is 0.120 e. The lowest BCUT2D eigenvalue weighted by molar-refractivity contribution is 0.129. The van der Waals surface area contributed by atoms with Crippen molar-refractivity contribution >= 4 is 11.6 Å². The minimum atomic E-state index is 0.370. The van der Waals surface area contributed by atoms with E-state index in [4.69, 9.17) is 16.3 Å². The van der Waals surface area contributed by atoms with Crippen LogP contribution < -0.4 is 4.74 Å². The lowest BCUT2D eigenvalue weighted by atomic mass is 9.89. The maximum Gasteiger partial charge on any atom is 0.120 e. The van der Waals surface area contributed by atoms with Crippen molar-refractivity contribution in [1.29, 1.82) is 0 Å². The van der Waals surface area contributed by atoms with E-state index in [9.17, 15) is 0 Å². The van der Waals surface area contributed by atoms with Crippen molar-refractivity contribution in [2.24, 2.45) is 5.92 Å². The first kappa shape index (κ1) is 14.3. The van der Waals surface area contributed by atoms with Crippen LogP contribution in [-0.2, 0) is 0 Å². The van der Waals surface area contributed by atoms with Crippen molar-refractivity contribution in [3.8, 4) is 17.6 Å². The third-order valence-corrected chi connectivity index (χ3v) is 3.67. The zero-order valence-electron chi connectivity index (χ0n) is 11.5. The number of ether oxygens (including phenoxy) is 1. The number of halogens is 1. The summed E-state index contributed by atoms with van der Waals surface area (Å²) in [5.74, 6) is 8.48. The van der Waals surface area contributed by atoms with Crippen LogP contribution in [-0.4, -0.2) is 12.0 Å². The maximum absolute atomic E-state index is 6.08. The first-order chi connectivity index (χ1) is 9.28. The molecular formula is C17H21ClO. The Kier molecular flexibility index (Phi) is 5.61. The van der Waals surface area contributed by atoms with Crippen LogP contribution >= 0.6 is 11.6 Å². The van der Waals surface area contributed by atoms with Gasteiger partial charge >= 0.3 is 0 Å². The van der Waals surface area contributed by atoms with Gasteiger partial charge in [-0.3, -0.25) is 0 Å². The number of hydrogen-bond donors (Lipinski definition) is 0. The van der Waals surface area contributed by atoms with Crippen LogP contribution in [0.3, 0.4) is 0 Å². The molecule has 102 valence electrons. The van der Waals surface area contributed by atoms with Crippen LogP contribution in [0.5, 0.6) is 5.75 Å². The summed E-state index contributed by atoms with van der Waals surface area (Å²) in [6.45, 7) is 2.31. The van der Waals surface area contributed by atoms with E-state index in [0.717, 1.165) is 23.7 Å². The molecule has 1 aliphatic carbocycles. The average Bonchev–Trinajstić information content (AvgIpc) is 2.39. The summed E-state index contributed by atoms with van der Waals surface area (Å²) in [6.07, 6.45) is 6.06. The number of alkyl halides is 1. The molecule has 0 radical (unpaired) electrons. The monoisotopic (exact) mass is 276 g/mol. The molecule has 0 aromatic heterocycles. The average molecular weight is 277 g/mol. The summed E-state index contributed by atoms with van der Waals surface area (Å²) >= 11 is 5.61. The number of benzene rings is 1. The van der Waals surface area contributed by atoms with Crippen LogP contribution in [0.4, 0.5) is 0 Å². The van der Waals surface area contributed by atoms with E-state index in [-0.39, 0.29) is 0 Å². The van der Waals surface area contributed by atoms with Crippen molar-refractivity contribution in [2.45, 2.75) is 45.1 Å². The van der Waals surface area contributed by atoms with E-state index in [1.807, 2.05) is 24.3 Å². The molecule has 19 heavy (non-hydrogen) atoms. The summed E-state index contributed by atoms with van der Waals surface area (Å²) in [5.41, 5.74) is 1.01. The highest BCUT2D eigenvalue weighted by Gasteiger charge is 2.20. The van der Waals surface area contributed by atoms with Gasteiger partial charge in [0, 0.05) is 17.9 Å². The molecule has 0 N–H and O–H groups in total. The standard InChI is InChI=1S/C17H21ClO/c1-14-6-4-9-16(12-14)19-17-10-5-8-15(13-17)7-2-3-11-18/h5,8,10,13-14,16H,3-4,6,9,11-12H2,1H3. The molecule has 2 unspecified atom stereocenters. The van der Waals surface area contributed by atoms with Crippen molar-refractivity contribution in [2.75, 3.05) is 5.88 Å². The fraction of sp³-hybridized carbons (Fsp3) is 0.529. The molecule has 1 saturated carbocycles. The Morgan fingerprint density at radius 1 is 1.37 bits per heavy atom. The summed E-state index contributed by atoms with van der Waals surface area (Å²) in [6, 6.07) is 8.07. The highest BCUT2D eigenvalue weighted by atomic mass is 35.5. The van der Waals surface area contributed by atoms with Gasteiger partial charge in [0.15, 0.2) is 0 Å². The van der Waals surface area contributed by atoms with Gasteiger partial charge in [0.2, 0.25) is 0 Å². The molecule has 2 rings (SSSR count). The predicted molar refractivity (Wildman–Crippen MR) is 80.7 cm³/mol. The minimum absolute atomic E-state index is 0.370. The first-order valence-electron chi connectivity index (χ1n) is 7.09. The molecule has 1 aromatic carbocycles. The fourth-order valence-electron chi connectivity index (χ4n) is 2.54. The second-order valence-corrected chi connectivity index (χ2v) is 5.66. The Bertz CT molecular complexity index is 458. The fourth-order valence-corrected chi connectivity index (χ4v) is 2.63. The second kappa shape index (κ2) is 7.46. The maximum atomic E-state index is 6.08. The Balaban J connectivity index is 1.97. The number of hydrogen-bond acceptors (Lipinski definition) is 1. The summed E-state index contributed by atoms with van der Waals surface area (Å²) in [5, 5.41) is 0. The van der Waals surface area contributed by atoms with Crippen molar-refractivity contribution in [1.82, 2.24) is 0 Å². The third-order valence-electron chi connectivity index (χ3n) is 3.48. The lowest BCUT2D eigenvalue weighted by Gasteiger charge is -2.27. The molecule has 1 aliphatic rings. The molecule has 0 amide bonds. The van der Waals surface area contributed by atoms with Gasteiger partial charge in [-0.2, -0.15) is 0 Å². The lowest BCUT2D eigenvalue weighted by Crippen LogP contribution is -2.24. The molecule has 2 atom stereocenters. The van der Waals surface area contributed by atoms with E-state index < -0.39 is 0 Å². The molecule has 0 bridgehead atoms. The quantitative estimate of drug-likeness (QED) is 0.578. The van der Waals surface area contributed by atoms with Crippen LogP contribution in [0.15, 0.2) is 24.3 Å².